The number of aromatic nitrogens is 2. The lowest BCUT2D eigenvalue weighted by Crippen LogP contribution is -2.43. The second-order valence-corrected chi connectivity index (χ2v) is 9.32. The van der Waals surface area contributed by atoms with Crippen LogP contribution in [0.25, 0.3) is 27.9 Å². The highest BCUT2D eigenvalue weighted by molar-refractivity contribution is 7.07. The van der Waals surface area contributed by atoms with E-state index in [-0.39, 0.29) is 10.6 Å². The normalized spacial score (nSPS) is 13.9. The topological polar surface area (TPSA) is 70.4 Å². The molecule has 1 fully saturated rings. The minimum absolute atomic E-state index is 0.0942. The summed E-state index contributed by atoms with van der Waals surface area (Å²) in [6, 6.07) is 13.4. The van der Waals surface area contributed by atoms with Crippen molar-refractivity contribution in [3.05, 3.63) is 80.5 Å². The highest BCUT2D eigenvalue weighted by Gasteiger charge is 2.17. The van der Waals surface area contributed by atoms with Crippen molar-refractivity contribution < 1.29 is 5.11 Å². The molecule has 5 rings (SSSR count). The van der Waals surface area contributed by atoms with E-state index in [4.69, 9.17) is 11.6 Å². The van der Waals surface area contributed by atoms with E-state index in [0.29, 0.717) is 16.3 Å². The Morgan fingerprint density at radius 3 is 2.45 bits per heavy atom. The maximum absolute atomic E-state index is 12.0. The molecule has 1 aliphatic heterocycles. The number of hydrogen-bond acceptors (Lipinski definition) is 6. The van der Waals surface area contributed by atoms with Gasteiger partial charge in [0.2, 0.25) is 0 Å². The van der Waals surface area contributed by atoms with Gasteiger partial charge >= 0.3 is 4.87 Å². The molecular weight excluding hydrogens is 456 g/mol. The standard InChI is InChI=1S/C25H23ClN4O2S/c1-16-12-19(17-2-3-22(21(26)14-17)30-10-11-33-25(30)32)24(31)20(13-16)18-4-5-28-23(15-18)29-8-6-27-7-9-29/h2-5,10-15,27,31H,6-9H2,1H3. The van der Waals surface area contributed by atoms with Gasteiger partial charge in [0.15, 0.2) is 0 Å². The van der Waals surface area contributed by atoms with Crippen LogP contribution in [-0.4, -0.2) is 40.8 Å². The quantitative estimate of drug-likeness (QED) is 0.444. The van der Waals surface area contributed by atoms with Gasteiger partial charge in [0.05, 0.1) is 10.7 Å². The summed E-state index contributed by atoms with van der Waals surface area (Å²) in [6.45, 7) is 5.67. The van der Waals surface area contributed by atoms with E-state index in [0.717, 1.165) is 65.6 Å². The van der Waals surface area contributed by atoms with Gasteiger partial charge in [-0.05, 0) is 60.0 Å². The summed E-state index contributed by atoms with van der Waals surface area (Å²) in [6.07, 6.45) is 3.49. The third-order valence-corrected chi connectivity index (χ3v) is 6.80. The van der Waals surface area contributed by atoms with Crippen molar-refractivity contribution >= 4 is 28.8 Å². The van der Waals surface area contributed by atoms with Crippen LogP contribution in [0.1, 0.15) is 5.56 Å². The molecule has 2 N–H and O–H groups in total. The number of nitrogens with zero attached hydrogens (tertiary/aromatic N) is 3. The van der Waals surface area contributed by atoms with E-state index < -0.39 is 0 Å². The SMILES string of the molecule is Cc1cc(-c2ccnc(N3CCNCC3)c2)c(O)c(-c2ccc(-n3ccsc3=O)c(Cl)c2)c1. The zero-order valence-electron chi connectivity index (χ0n) is 18.1. The Morgan fingerprint density at radius 2 is 1.79 bits per heavy atom. The summed E-state index contributed by atoms with van der Waals surface area (Å²) >= 11 is 7.66. The van der Waals surface area contributed by atoms with Crippen molar-refractivity contribution in [2.24, 2.45) is 0 Å². The summed E-state index contributed by atoms with van der Waals surface area (Å²) in [7, 11) is 0. The molecule has 168 valence electrons. The number of aryl methyl sites for hydroxylation is 1. The van der Waals surface area contributed by atoms with Crippen LogP contribution in [0.4, 0.5) is 5.82 Å². The summed E-state index contributed by atoms with van der Waals surface area (Å²) in [4.78, 5) is 18.7. The summed E-state index contributed by atoms with van der Waals surface area (Å²) in [5.74, 6) is 1.10. The number of rotatable bonds is 4. The number of hydrogen-bond donors (Lipinski definition) is 2. The lowest BCUT2D eigenvalue weighted by molar-refractivity contribution is 0.479. The molecule has 0 bridgehead atoms. The first kappa shape index (κ1) is 21.7. The molecule has 33 heavy (non-hydrogen) atoms. The number of pyridine rings is 1. The van der Waals surface area contributed by atoms with Gasteiger partial charge in [0.25, 0.3) is 0 Å². The molecule has 1 aliphatic rings. The second-order valence-electron chi connectivity index (χ2n) is 8.05. The van der Waals surface area contributed by atoms with E-state index in [1.807, 2.05) is 43.3 Å². The highest BCUT2D eigenvalue weighted by atomic mass is 35.5. The van der Waals surface area contributed by atoms with E-state index in [1.165, 1.54) is 4.57 Å². The fraction of sp³-hybridized carbons (Fsp3) is 0.200. The average molecular weight is 479 g/mol. The smallest absolute Gasteiger partial charge is 0.311 e. The molecule has 8 heteroatoms. The Bertz CT molecular complexity index is 1380. The molecule has 1 saturated heterocycles. The van der Waals surface area contributed by atoms with E-state index in [9.17, 15) is 9.90 Å². The van der Waals surface area contributed by atoms with Gasteiger partial charge in [-0.3, -0.25) is 9.36 Å². The van der Waals surface area contributed by atoms with Crippen molar-refractivity contribution in [2.75, 3.05) is 31.1 Å². The first-order chi connectivity index (χ1) is 16.0. The number of phenols is 1. The third-order valence-electron chi connectivity index (χ3n) is 5.85. The zero-order chi connectivity index (χ0) is 22.9. The van der Waals surface area contributed by atoms with Crippen molar-refractivity contribution in [3.63, 3.8) is 0 Å². The molecule has 2 aromatic heterocycles. The van der Waals surface area contributed by atoms with Gasteiger partial charge in [-0.1, -0.05) is 29.0 Å². The molecular formula is C25H23ClN4O2S. The molecule has 0 radical (unpaired) electrons. The number of anilines is 1. The van der Waals surface area contributed by atoms with Crippen molar-refractivity contribution in [2.45, 2.75) is 6.92 Å². The van der Waals surface area contributed by atoms with Gasteiger partial charge in [0, 0.05) is 55.1 Å². The van der Waals surface area contributed by atoms with Crippen LogP contribution in [0.5, 0.6) is 5.75 Å². The molecule has 0 atom stereocenters. The summed E-state index contributed by atoms with van der Waals surface area (Å²) < 4.78 is 1.52. The van der Waals surface area contributed by atoms with Crippen LogP contribution in [0.3, 0.4) is 0 Å². The maximum atomic E-state index is 12.0. The van der Waals surface area contributed by atoms with Crippen LogP contribution in [0.15, 0.2) is 65.0 Å². The first-order valence-corrected chi connectivity index (χ1v) is 12.0. The highest BCUT2D eigenvalue weighted by Crippen LogP contribution is 2.41. The van der Waals surface area contributed by atoms with Crippen LogP contribution >= 0.6 is 22.9 Å². The molecule has 2 aromatic carbocycles. The molecule has 0 saturated carbocycles. The van der Waals surface area contributed by atoms with E-state index in [2.05, 4.69) is 15.2 Å². The minimum Gasteiger partial charge on any atom is -0.507 e. The fourth-order valence-electron chi connectivity index (χ4n) is 4.19. The van der Waals surface area contributed by atoms with Crippen molar-refractivity contribution in [1.29, 1.82) is 0 Å². The number of phenolic OH excluding ortho intramolecular Hbond substituents is 1. The lowest BCUT2D eigenvalue weighted by Gasteiger charge is -2.28. The maximum Gasteiger partial charge on any atom is 0.311 e. The molecule has 6 nitrogen and oxygen atoms in total. The van der Waals surface area contributed by atoms with Crippen LogP contribution in [0.2, 0.25) is 5.02 Å². The lowest BCUT2D eigenvalue weighted by atomic mass is 9.95. The summed E-state index contributed by atoms with van der Waals surface area (Å²) in [5, 5.41) is 16.8. The van der Waals surface area contributed by atoms with Gasteiger partial charge in [0.1, 0.15) is 11.6 Å². The molecule has 4 aromatic rings. The number of piperazine rings is 1. The first-order valence-electron chi connectivity index (χ1n) is 10.7. The molecule has 3 heterocycles. The zero-order valence-corrected chi connectivity index (χ0v) is 19.7. The Hall–Kier alpha value is -3.13. The second kappa shape index (κ2) is 9.02. The number of benzene rings is 2. The Kier molecular flexibility index (Phi) is 5.93. The van der Waals surface area contributed by atoms with E-state index in [1.54, 1.807) is 23.8 Å². The third kappa shape index (κ3) is 4.27. The molecule has 0 aliphatic carbocycles. The van der Waals surface area contributed by atoms with Gasteiger partial charge in [-0.15, -0.1) is 0 Å². The van der Waals surface area contributed by atoms with Gasteiger partial charge in [-0.25, -0.2) is 4.98 Å². The number of aromatic hydroxyl groups is 1. The molecule has 0 unspecified atom stereocenters. The van der Waals surface area contributed by atoms with Crippen molar-refractivity contribution in [1.82, 2.24) is 14.9 Å². The number of nitrogens with one attached hydrogen (secondary N) is 1. The number of halogens is 1. The van der Waals surface area contributed by atoms with Crippen LogP contribution in [-0.2, 0) is 0 Å². The Balaban J connectivity index is 1.55. The van der Waals surface area contributed by atoms with Gasteiger partial charge in [-0.2, -0.15) is 0 Å². The fourth-order valence-corrected chi connectivity index (χ4v) is 5.03. The predicted molar refractivity (Wildman–Crippen MR) is 135 cm³/mol. The molecule has 0 amide bonds. The van der Waals surface area contributed by atoms with Gasteiger partial charge < -0.3 is 15.3 Å². The Morgan fingerprint density at radius 1 is 1.06 bits per heavy atom. The summed E-state index contributed by atoms with van der Waals surface area (Å²) in [5.41, 5.74) is 4.77. The van der Waals surface area contributed by atoms with Crippen LogP contribution in [0, 0.1) is 6.92 Å². The number of thiazole rings is 1. The minimum atomic E-state index is -0.0942. The monoisotopic (exact) mass is 478 g/mol. The molecule has 0 spiro atoms. The predicted octanol–water partition coefficient (Wildman–Crippen LogP) is 4.71. The largest absolute Gasteiger partial charge is 0.507 e. The van der Waals surface area contributed by atoms with Crippen molar-refractivity contribution in [3.8, 4) is 33.7 Å². The van der Waals surface area contributed by atoms with E-state index >= 15 is 0 Å². The van der Waals surface area contributed by atoms with Crippen LogP contribution < -0.4 is 15.1 Å². The average Bonchev–Trinajstić information content (AvgIpc) is 3.26. The Labute approximate surface area is 200 Å².